The lowest BCUT2D eigenvalue weighted by Crippen LogP contribution is -1.85. The molecule has 0 saturated heterocycles. The fraction of sp³-hybridized carbons (Fsp3) is 0. The van der Waals surface area contributed by atoms with Crippen LogP contribution in [0.15, 0.2) is 49.1 Å². The normalized spacial score (nSPS) is 8.60. The Kier molecular flexibility index (Phi) is 2.74. The molecule has 0 spiro atoms. The highest BCUT2D eigenvalue weighted by atomic mass is 19.1. The highest BCUT2D eigenvalue weighted by Crippen LogP contribution is 2.21. The summed E-state index contributed by atoms with van der Waals surface area (Å²) in [4.78, 5) is 0. The van der Waals surface area contributed by atoms with E-state index in [1.165, 1.54) is 0 Å². The molecule has 0 N–H and O–H groups in total. The van der Waals surface area contributed by atoms with E-state index in [1.54, 1.807) is 0 Å². The highest BCUT2D eigenvalue weighted by molar-refractivity contribution is 5.46. The Labute approximate surface area is 58.9 Å². The van der Waals surface area contributed by atoms with Crippen molar-refractivity contribution < 1.29 is 8.78 Å². The average molecular weight is 142 g/mol. The second-order valence-electron chi connectivity index (χ2n) is 1.77. The molecular weight excluding hydrogens is 134 g/mol. The van der Waals surface area contributed by atoms with E-state index in [4.69, 9.17) is 0 Å². The van der Waals surface area contributed by atoms with Crippen LogP contribution >= 0.6 is 0 Å². The molecule has 0 unspecified atom stereocenters. The SMILES string of the molecule is C=C(F)C(=C)C(=C)C(=C)F. The van der Waals surface area contributed by atoms with Gasteiger partial charge in [0, 0.05) is 11.1 Å². The van der Waals surface area contributed by atoms with Crippen molar-refractivity contribution in [2.45, 2.75) is 0 Å². The molecule has 0 nitrogen and oxygen atoms in total. The van der Waals surface area contributed by atoms with Gasteiger partial charge in [0.25, 0.3) is 0 Å². The number of hydrogen-bond donors (Lipinski definition) is 0. The van der Waals surface area contributed by atoms with E-state index >= 15 is 0 Å². The zero-order valence-electron chi connectivity index (χ0n) is 5.58. The molecule has 0 aliphatic carbocycles. The second kappa shape index (κ2) is 3.11. The quantitative estimate of drug-likeness (QED) is 0.531. The van der Waals surface area contributed by atoms with Gasteiger partial charge in [-0.25, -0.2) is 8.78 Å². The Balaban J connectivity index is 4.39. The molecule has 2 heteroatoms. The monoisotopic (exact) mass is 142 g/mol. The van der Waals surface area contributed by atoms with Gasteiger partial charge in [-0.1, -0.05) is 26.3 Å². The lowest BCUT2D eigenvalue weighted by Gasteiger charge is -2.01. The molecule has 0 amide bonds. The van der Waals surface area contributed by atoms with Crippen LogP contribution in [0.4, 0.5) is 8.78 Å². The smallest absolute Gasteiger partial charge is 0.123 e. The standard InChI is InChI=1S/C8H8F2/c1-5(7(3)9)6(2)8(4)10/h1-4H2. The van der Waals surface area contributed by atoms with Crippen LogP contribution in [0.1, 0.15) is 0 Å². The van der Waals surface area contributed by atoms with Gasteiger partial charge < -0.3 is 0 Å². The summed E-state index contributed by atoms with van der Waals surface area (Å²) in [7, 11) is 0. The van der Waals surface area contributed by atoms with Gasteiger partial charge in [-0.15, -0.1) is 0 Å². The van der Waals surface area contributed by atoms with E-state index in [9.17, 15) is 8.78 Å². The van der Waals surface area contributed by atoms with Crippen molar-refractivity contribution in [2.24, 2.45) is 0 Å². The van der Waals surface area contributed by atoms with Crippen LogP contribution in [-0.2, 0) is 0 Å². The predicted octanol–water partition coefficient (Wildman–Crippen LogP) is 3.07. The van der Waals surface area contributed by atoms with Crippen LogP contribution in [0.25, 0.3) is 0 Å². The first kappa shape index (κ1) is 8.82. The molecule has 0 bridgehead atoms. The summed E-state index contributed by atoms with van der Waals surface area (Å²) in [5.41, 5.74) is -0.292. The van der Waals surface area contributed by atoms with E-state index in [1.807, 2.05) is 0 Å². The van der Waals surface area contributed by atoms with Crippen molar-refractivity contribution >= 4 is 0 Å². The van der Waals surface area contributed by atoms with Gasteiger partial charge in [0.2, 0.25) is 0 Å². The summed E-state index contributed by atoms with van der Waals surface area (Å²) in [5.74, 6) is -1.58. The van der Waals surface area contributed by atoms with Crippen LogP contribution in [0, 0.1) is 0 Å². The summed E-state index contributed by atoms with van der Waals surface area (Å²) in [5, 5.41) is 0. The first-order valence-electron chi connectivity index (χ1n) is 2.54. The third-order valence-electron chi connectivity index (χ3n) is 1.02. The largest absolute Gasteiger partial charge is 0.207 e. The summed E-state index contributed by atoms with van der Waals surface area (Å²) in [6.45, 7) is 12.2. The van der Waals surface area contributed by atoms with E-state index in [2.05, 4.69) is 26.3 Å². The van der Waals surface area contributed by atoms with Crippen LogP contribution in [0.2, 0.25) is 0 Å². The van der Waals surface area contributed by atoms with Gasteiger partial charge >= 0.3 is 0 Å². The van der Waals surface area contributed by atoms with Gasteiger partial charge in [0.15, 0.2) is 0 Å². The van der Waals surface area contributed by atoms with Gasteiger partial charge in [-0.05, 0) is 0 Å². The van der Waals surface area contributed by atoms with Crippen molar-refractivity contribution in [2.75, 3.05) is 0 Å². The van der Waals surface area contributed by atoms with E-state index in [0.29, 0.717) is 0 Å². The first-order chi connectivity index (χ1) is 4.46. The molecule has 54 valence electrons. The number of halogens is 2. The fourth-order valence-electron chi connectivity index (χ4n) is 0.327. The minimum atomic E-state index is -0.788. The Morgan fingerprint density at radius 1 is 0.700 bits per heavy atom. The molecule has 0 radical (unpaired) electrons. The third-order valence-corrected chi connectivity index (χ3v) is 1.02. The van der Waals surface area contributed by atoms with Crippen LogP contribution in [0.5, 0.6) is 0 Å². The number of allylic oxidation sites excluding steroid dienone is 4. The maximum atomic E-state index is 12.1. The van der Waals surface area contributed by atoms with E-state index in [0.717, 1.165) is 0 Å². The lowest BCUT2D eigenvalue weighted by atomic mass is 10.1. The molecule has 0 fully saturated rings. The van der Waals surface area contributed by atoms with Crippen LogP contribution in [0.3, 0.4) is 0 Å². The van der Waals surface area contributed by atoms with Crippen molar-refractivity contribution in [1.82, 2.24) is 0 Å². The highest BCUT2D eigenvalue weighted by Gasteiger charge is 2.05. The first-order valence-corrected chi connectivity index (χ1v) is 2.54. The van der Waals surface area contributed by atoms with Gasteiger partial charge in [0.1, 0.15) is 11.7 Å². The zero-order valence-corrected chi connectivity index (χ0v) is 5.58. The molecule has 10 heavy (non-hydrogen) atoms. The topological polar surface area (TPSA) is 0 Å². The number of hydrogen-bond acceptors (Lipinski definition) is 0. The maximum Gasteiger partial charge on any atom is 0.123 e. The minimum absolute atomic E-state index is 0.146. The Morgan fingerprint density at radius 3 is 1.00 bits per heavy atom. The van der Waals surface area contributed by atoms with Crippen LogP contribution in [-0.4, -0.2) is 0 Å². The number of rotatable bonds is 3. The van der Waals surface area contributed by atoms with Gasteiger partial charge in [-0.3, -0.25) is 0 Å². The molecule has 0 aromatic rings. The third kappa shape index (κ3) is 1.97. The maximum absolute atomic E-state index is 12.1. The molecule has 0 heterocycles. The molecule has 0 aromatic carbocycles. The van der Waals surface area contributed by atoms with Crippen molar-refractivity contribution in [3.63, 3.8) is 0 Å². The second-order valence-corrected chi connectivity index (χ2v) is 1.77. The summed E-state index contributed by atoms with van der Waals surface area (Å²) in [6, 6.07) is 0. The summed E-state index contributed by atoms with van der Waals surface area (Å²) < 4.78 is 24.3. The molecule has 0 saturated carbocycles. The Hall–Kier alpha value is -1.18. The molecular formula is C8H8F2. The van der Waals surface area contributed by atoms with Crippen molar-refractivity contribution in [1.29, 1.82) is 0 Å². The zero-order chi connectivity index (χ0) is 8.31. The molecule has 0 aliphatic rings. The Bertz CT molecular complexity index is 187. The van der Waals surface area contributed by atoms with Crippen molar-refractivity contribution in [3.8, 4) is 0 Å². The molecule has 0 aromatic heterocycles. The molecule has 0 rings (SSSR count). The van der Waals surface area contributed by atoms with Gasteiger partial charge in [0.05, 0.1) is 0 Å². The Morgan fingerprint density at radius 2 is 0.900 bits per heavy atom. The van der Waals surface area contributed by atoms with E-state index < -0.39 is 11.7 Å². The predicted molar refractivity (Wildman–Crippen MR) is 38.8 cm³/mol. The fourth-order valence-corrected chi connectivity index (χ4v) is 0.327. The van der Waals surface area contributed by atoms with E-state index in [-0.39, 0.29) is 11.1 Å². The minimum Gasteiger partial charge on any atom is -0.207 e. The summed E-state index contributed by atoms with van der Waals surface area (Å²) >= 11 is 0. The molecule has 0 atom stereocenters. The lowest BCUT2D eigenvalue weighted by molar-refractivity contribution is 0.636. The summed E-state index contributed by atoms with van der Waals surface area (Å²) in [6.07, 6.45) is 0. The molecule has 0 aliphatic heterocycles. The van der Waals surface area contributed by atoms with Gasteiger partial charge in [-0.2, -0.15) is 0 Å². The van der Waals surface area contributed by atoms with Crippen molar-refractivity contribution in [3.05, 3.63) is 49.1 Å². The van der Waals surface area contributed by atoms with Crippen LogP contribution < -0.4 is 0 Å². The average Bonchev–Trinajstić information content (AvgIpc) is 1.84.